The second-order valence-electron chi connectivity index (χ2n) is 5.89. The molecule has 0 fully saturated rings. The van der Waals surface area contributed by atoms with Gasteiger partial charge < -0.3 is 19.6 Å². The van der Waals surface area contributed by atoms with Crippen LogP contribution in [0, 0.1) is 10.1 Å². The van der Waals surface area contributed by atoms with Crippen LogP contribution in [0.4, 0.5) is 11.6 Å². The Morgan fingerprint density at radius 1 is 1.30 bits per heavy atom. The van der Waals surface area contributed by atoms with Crippen LogP contribution in [0.2, 0.25) is 0 Å². The molecule has 1 aromatic heterocycles. The van der Waals surface area contributed by atoms with Gasteiger partial charge in [0, 0.05) is 12.5 Å². The Morgan fingerprint density at radius 3 is 2.74 bits per heavy atom. The van der Waals surface area contributed by atoms with Gasteiger partial charge in [0.05, 0.1) is 6.61 Å². The predicted octanol–water partition coefficient (Wildman–Crippen LogP) is 1.89. The summed E-state index contributed by atoms with van der Waals surface area (Å²) in [6.07, 6.45) is -0.293. The second kappa shape index (κ2) is 7.81. The lowest BCUT2D eigenvalue weighted by Gasteiger charge is -2.28. The average Bonchev–Trinajstić information content (AvgIpc) is 2.66. The molecule has 1 aromatic carbocycles. The van der Waals surface area contributed by atoms with E-state index in [4.69, 9.17) is 9.47 Å². The van der Waals surface area contributed by atoms with Crippen molar-refractivity contribution in [3.05, 3.63) is 58.1 Å². The first-order valence-corrected chi connectivity index (χ1v) is 8.28. The van der Waals surface area contributed by atoms with Crippen molar-refractivity contribution in [1.82, 2.24) is 4.98 Å². The fourth-order valence-electron chi connectivity index (χ4n) is 2.63. The van der Waals surface area contributed by atoms with Crippen LogP contribution in [0.1, 0.15) is 12.5 Å². The fraction of sp³-hybridized carbons (Fsp3) is 0.278. The van der Waals surface area contributed by atoms with Gasteiger partial charge in [0.15, 0.2) is 11.9 Å². The zero-order chi connectivity index (χ0) is 19.4. The molecule has 3 rings (SSSR count). The van der Waals surface area contributed by atoms with Crippen LogP contribution in [0.3, 0.4) is 0 Å². The standard InChI is InChI=1S/C18H17N3O6/c1-12-18(23)20(17-14(27-12)7-8-15(19-17)21(24)25)11-16(22)26-10-9-13-5-3-2-4-6-13/h2-8,12H,9-11H2,1H3. The van der Waals surface area contributed by atoms with Crippen LogP contribution in [-0.2, 0) is 20.7 Å². The number of pyridine rings is 1. The van der Waals surface area contributed by atoms with Crippen molar-refractivity contribution < 1.29 is 24.0 Å². The third-order valence-electron chi connectivity index (χ3n) is 3.97. The van der Waals surface area contributed by atoms with Crippen molar-refractivity contribution in [3.8, 4) is 5.75 Å². The lowest BCUT2D eigenvalue weighted by atomic mass is 10.2. The molecule has 27 heavy (non-hydrogen) atoms. The maximum atomic E-state index is 12.4. The summed E-state index contributed by atoms with van der Waals surface area (Å²) >= 11 is 0. The number of anilines is 1. The van der Waals surface area contributed by atoms with Gasteiger partial charge >= 0.3 is 11.8 Å². The molecule has 0 saturated heterocycles. The van der Waals surface area contributed by atoms with Gasteiger partial charge in [0.2, 0.25) is 0 Å². The van der Waals surface area contributed by atoms with Crippen molar-refractivity contribution >= 4 is 23.5 Å². The number of rotatable bonds is 6. The molecule has 0 spiro atoms. The largest absolute Gasteiger partial charge is 0.475 e. The number of ether oxygens (including phenoxy) is 2. The average molecular weight is 371 g/mol. The van der Waals surface area contributed by atoms with Gasteiger partial charge in [-0.15, -0.1) is 0 Å². The van der Waals surface area contributed by atoms with E-state index in [2.05, 4.69) is 4.98 Å². The molecule has 140 valence electrons. The number of nitrogens with zero attached hydrogens (tertiary/aromatic N) is 3. The molecule has 9 heteroatoms. The SMILES string of the molecule is CC1Oc2ccc([N+](=O)[O-])nc2N(CC(=O)OCCc2ccccc2)C1=O. The van der Waals surface area contributed by atoms with Gasteiger partial charge in [-0.25, -0.2) is 0 Å². The first-order chi connectivity index (χ1) is 13.0. The van der Waals surface area contributed by atoms with Crippen LogP contribution < -0.4 is 9.64 Å². The lowest BCUT2D eigenvalue weighted by molar-refractivity contribution is -0.389. The number of benzene rings is 1. The molecule has 0 radical (unpaired) electrons. The minimum absolute atomic E-state index is 0.0627. The highest BCUT2D eigenvalue weighted by Crippen LogP contribution is 2.33. The van der Waals surface area contributed by atoms with Crippen molar-refractivity contribution in [2.45, 2.75) is 19.4 Å². The lowest BCUT2D eigenvalue weighted by Crippen LogP contribution is -2.47. The molecule has 0 aliphatic carbocycles. The number of carbonyl (C=O) groups excluding carboxylic acids is 2. The maximum Gasteiger partial charge on any atom is 0.366 e. The number of nitro groups is 1. The third kappa shape index (κ3) is 4.20. The summed E-state index contributed by atoms with van der Waals surface area (Å²) in [6.45, 7) is 1.29. The van der Waals surface area contributed by atoms with Crippen LogP contribution in [0.5, 0.6) is 5.75 Å². The molecule has 0 N–H and O–H groups in total. The maximum absolute atomic E-state index is 12.4. The summed E-state index contributed by atoms with van der Waals surface area (Å²) in [5.41, 5.74) is 1.02. The summed E-state index contributed by atoms with van der Waals surface area (Å²) in [5, 5.41) is 10.9. The summed E-state index contributed by atoms with van der Waals surface area (Å²) in [5.74, 6) is -1.46. The topological polar surface area (TPSA) is 112 Å². The molecule has 0 saturated carbocycles. The first kappa shape index (κ1) is 18.3. The smallest absolute Gasteiger partial charge is 0.366 e. The highest BCUT2D eigenvalue weighted by Gasteiger charge is 2.38. The van der Waals surface area contributed by atoms with E-state index >= 15 is 0 Å². The van der Waals surface area contributed by atoms with E-state index in [1.54, 1.807) is 0 Å². The van der Waals surface area contributed by atoms with Crippen molar-refractivity contribution in [2.75, 3.05) is 18.1 Å². The molecular weight excluding hydrogens is 354 g/mol. The Hall–Kier alpha value is -3.49. The van der Waals surface area contributed by atoms with Crippen molar-refractivity contribution in [1.29, 1.82) is 0 Å². The van der Waals surface area contributed by atoms with Crippen molar-refractivity contribution in [3.63, 3.8) is 0 Å². The highest BCUT2D eigenvalue weighted by atomic mass is 16.6. The number of aromatic nitrogens is 1. The zero-order valence-electron chi connectivity index (χ0n) is 14.5. The minimum atomic E-state index is -0.835. The number of fused-ring (bicyclic) bond motifs is 1. The van der Waals surface area contributed by atoms with Crippen LogP contribution in [0.15, 0.2) is 42.5 Å². The molecule has 9 nitrogen and oxygen atoms in total. The Kier molecular flexibility index (Phi) is 5.30. The Bertz CT molecular complexity index is 871. The van der Waals surface area contributed by atoms with E-state index in [-0.39, 0.29) is 18.2 Å². The summed E-state index contributed by atoms with van der Waals surface area (Å²) in [7, 11) is 0. The van der Waals surface area contributed by atoms with Crippen LogP contribution in [-0.4, -0.2) is 41.0 Å². The Labute approximate surface area is 154 Å². The quantitative estimate of drug-likeness (QED) is 0.433. The molecule has 2 heterocycles. The molecule has 1 aliphatic heterocycles. The fourth-order valence-corrected chi connectivity index (χ4v) is 2.63. The van der Waals surface area contributed by atoms with E-state index in [1.807, 2.05) is 30.3 Å². The van der Waals surface area contributed by atoms with Gasteiger partial charge in [-0.3, -0.25) is 14.5 Å². The van der Waals surface area contributed by atoms with E-state index < -0.39 is 35.3 Å². The zero-order valence-corrected chi connectivity index (χ0v) is 14.5. The molecular formula is C18H17N3O6. The van der Waals surface area contributed by atoms with Gasteiger partial charge in [0.1, 0.15) is 6.54 Å². The van der Waals surface area contributed by atoms with Crippen LogP contribution >= 0.6 is 0 Å². The minimum Gasteiger partial charge on any atom is -0.475 e. The molecule has 1 aliphatic rings. The molecule has 1 amide bonds. The normalized spacial score (nSPS) is 15.7. The van der Waals surface area contributed by atoms with E-state index in [9.17, 15) is 19.7 Å². The Morgan fingerprint density at radius 2 is 2.04 bits per heavy atom. The van der Waals surface area contributed by atoms with Gasteiger partial charge in [0.25, 0.3) is 11.7 Å². The third-order valence-corrected chi connectivity index (χ3v) is 3.97. The summed E-state index contributed by atoms with van der Waals surface area (Å²) < 4.78 is 10.6. The van der Waals surface area contributed by atoms with E-state index in [0.29, 0.717) is 6.42 Å². The molecule has 1 atom stereocenters. The van der Waals surface area contributed by atoms with Crippen molar-refractivity contribution in [2.24, 2.45) is 0 Å². The van der Waals surface area contributed by atoms with Gasteiger partial charge in [-0.2, -0.15) is 0 Å². The number of amides is 1. The monoisotopic (exact) mass is 371 g/mol. The molecule has 1 unspecified atom stereocenters. The predicted molar refractivity (Wildman–Crippen MR) is 94.4 cm³/mol. The second-order valence-corrected chi connectivity index (χ2v) is 5.89. The van der Waals surface area contributed by atoms with E-state index in [1.165, 1.54) is 19.1 Å². The summed E-state index contributed by atoms with van der Waals surface area (Å²) in [6, 6.07) is 12.0. The van der Waals surface area contributed by atoms with E-state index in [0.717, 1.165) is 10.5 Å². The first-order valence-electron chi connectivity index (χ1n) is 8.28. The van der Waals surface area contributed by atoms with Gasteiger partial charge in [-0.1, -0.05) is 30.3 Å². The van der Waals surface area contributed by atoms with Gasteiger partial charge in [-0.05, 0) is 28.5 Å². The number of carbonyl (C=O) groups is 2. The summed E-state index contributed by atoms with van der Waals surface area (Å²) in [4.78, 5) is 39.7. The Balaban J connectivity index is 1.69. The molecule has 0 bridgehead atoms. The number of esters is 1. The number of hydrogen-bond acceptors (Lipinski definition) is 7. The highest BCUT2D eigenvalue weighted by molar-refractivity contribution is 6.02. The van der Waals surface area contributed by atoms with Crippen LogP contribution in [0.25, 0.3) is 0 Å². The number of hydrogen-bond donors (Lipinski definition) is 0. The molecule has 2 aromatic rings.